The number of carbonyl (C=O) groups is 1. The minimum atomic E-state index is -0.165. The number of piperidine rings is 2. The van der Waals surface area contributed by atoms with E-state index in [9.17, 15) is 4.79 Å². The summed E-state index contributed by atoms with van der Waals surface area (Å²) >= 11 is 0. The van der Waals surface area contributed by atoms with Gasteiger partial charge < -0.3 is 19.7 Å². The molecule has 5 rings (SSSR count). The number of amides is 1. The van der Waals surface area contributed by atoms with Gasteiger partial charge in [0.2, 0.25) is 0 Å². The minimum absolute atomic E-state index is 0.165. The molecular formula is C24H35N3O3. The number of rotatable bonds is 5. The van der Waals surface area contributed by atoms with Gasteiger partial charge in [-0.2, -0.15) is 0 Å². The number of ether oxygens (including phenoxy) is 2. The average Bonchev–Trinajstić information content (AvgIpc) is 2.74. The van der Waals surface area contributed by atoms with E-state index in [1.165, 1.54) is 25.9 Å². The van der Waals surface area contributed by atoms with Crippen LogP contribution >= 0.6 is 0 Å². The van der Waals surface area contributed by atoms with Gasteiger partial charge in [0, 0.05) is 32.2 Å². The van der Waals surface area contributed by atoms with Crippen LogP contribution < -0.4 is 5.32 Å². The lowest BCUT2D eigenvalue weighted by Gasteiger charge is -2.59. The fourth-order valence-corrected chi connectivity index (χ4v) is 5.51. The van der Waals surface area contributed by atoms with Crippen LogP contribution in [0.4, 0.5) is 4.79 Å². The summed E-state index contributed by atoms with van der Waals surface area (Å²) in [6.07, 6.45) is 7.74. The molecule has 1 N–H and O–H groups in total. The normalized spacial score (nSPS) is 29.3. The Morgan fingerprint density at radius 2 is 1.73 bits per heavy atom. The molecule has 0 atom stereocenters. The summed E-state index contributed by atoms with van der Waals surface area (Å²) in [6.45, 7) is 6.62. The van der Waals surface area contributed by atoms with Gasteiger partial charge in [0.15, 0.2) is 0 Å². The van der Waals surface area contributed by atoms with Gasteiger partial charge in [0.05, 0.1) is 12.2 Å². The van der Waals surface area contributed by atoms with Crippen LogP contribution in [0, 0.1) is 5.41 Å². The largest absolute Gasteiger partial charge is 0.445 e. The SMILES string of the molecule is O=C(OCc1ccccc1)N1CCC2(CC1)CN(C1CC(OC3CCNCC3)C1)C2. The van der Waals surface area contributed by atoms with E-state index in [0.29, 0.717) is 24.2 Å². The smallest absolute Gasteiger partial charge is 0.410 e. The molecule has 3 saturated heterocycles. The molecule has 1 aromatic carbocycles. The maximum atomic E-state index is 12.4. The zero-order valence-corrected chi connectivity index (χ0v) is 17.9. The molecule has 30 heavy (non-hydrogen) atoms. The molecule has 3 aliphatic heterocycles. The van der Waals surface area contributed by atoms with Crippen molar-refractivity contribution < 1.29 is 14.3 Å². The van der Waals surface area contributed by atoms with E-state index in [-0.39, 0.29) is 6.09 Å². The first-order valence-electron chi connectivity index (χ1n) is 11.8. The second kappa shape index (κ2) is 8.85. The van der Waals surface area contributed by atoms with Crippen molar-refractivity contribution in [3.05, 3.63) is 35.9 Å². The first kappa shape index (κ1) is 20.3. The average molecular weight is 414 g/mol. The summed E-state index contributed by atoms with van der Waals surface area (Å²) in [4.78, 5) is 16.9. The highest BCUT2D eigenvalue weighted by molar-refractivity contribution is 5.67. The molecule has 0 aromatic heterocycles. The van der Waals surface area contributed by atoms with Crippen molar-refractivity contribution in [2.24, 2.45) is 5.41 Å². The molecule has 1 spiro atoms. The Kier molecular flexibility index (Phi) is 5.98. The zero-order chi connectivity index (χ0) is 20.4. The highest BCUT2D eigenvalue weighted by Crippen LogP contribution is 2.45. The summed E-state index contributed by atoms with van der Waals surface area (Å²) < 4.78 is 11.8. The Hall–Kier alpha value is -1.63. The lowest BCUT2D eigenvalue weighted by atomic mass is 9.69. The van der Waals surface area contributed by atoms with Gasteiger partial charge in [-0.15, -0.1) is 0 Å². The van der Waals surface area contributed by atoms with Crippen LogP contribution in [0.25, 0.3) is 0 Å². The quantitative estimate of drug-likeness (QED) is 0.804. The van der Waals surface area contributed by atoms with Gasteiger partial charge in [0.25, 0.3) is 0 Å². The lowest BCUT2D eigenvalue weighted by Crippen LogP contribution is -2.66. The van der Waals surface area contributed by atoms with Crippen LogP contribution in [0.3, 0.4) is 0 Å². The summed E-state index contributed by atoms with van der Waals surface area (Å²) in [5, 5.41) is 3.41. The highest BCUT2D eigenvalue weighted by atomic mass is 16.6. The van der Waals surface area contributed by atoms with Crippen LogP contribution in [0.5, 0.6) is 0 Å². The van der Waals surface area contributed by atoms with E-state index in [2.05, 4.69) is 10.2 Å². The number of likely N-dealkylation sites (tertiary alicyclic amines) is 2. The van der Waals surface area contributed by atoms with Crippen molar-refractivity contribution in [3.8, 4) is 0 Å². The molecule has 164 valence electrons. The Labute approximate surface area is 179 Å². The van der Waals surface area contributed by atoms with Gasteiger partial charge in [-0.25, -0.2) is 4.79 Å². The van der Waals surface area contributed by atoms with Gasteiger partial charge in [0.1, 0.15) is 6.61 Å². The van der Waals surface area contributed by atoms with E-state index >= 15 is 0 Å². The van der Waals surface area contributed by atoms with Crippen LogP contribution in [-0.2, 0) is 16.1 Å². The molecule has 6 nitrogen and oxygen atoms in total. The fourth-order valence-electron chi connectivity index (χ4n) is 5.51. The Balaban J connectivity index is 0.989. The van der Waals surface area contributed by atoms with Gasteiger partial charge >= 0.3 is 6.09 Å². The molecular weight excluding hydrogens is 378 g/mol. The number of benzene rings is 1. The van der Waals surface area contributed by atoms with Gasteiger partial charge in [-0.05, 0) is 62.6 Å². The highest BCUT2D eigenvalue weighted by Gasteiger charge is 2.50. The van der Waals surface area contributed by atoms with Crippen LogP contribution in [0.2, 0.25) is 0 Å². The third kappa shape index (κ3) is 4.51. The summed E-state index contributed by atoms with van der Waals surface area (Å²) in [6, 6.07) is 10.6. The topological polar surface area (TPSA) is 54.0 Å². The van der Waals surface area contributed by atoms with Crippen LogP contribution in [-0.4, -0.2) is 73.4 Å². The summed E-state index contributed by atoms with van der Waals surface area (Å²) in [5.41, 5.74) is 1.47. The third-order valence-electron chi connectivity index (χ3n) is 7.62. The summed E-state index contributed by atoms with van der Waals surface area (Å²) in [7, 11) is 0. The van der Waals surface area contributed by atoms with E-state index in [4.69, 9.17) is 9.47 Å². The number of carbonyl (C=O) groups excluding carboxylic acids is 1. The van der Waals surface area contributed by atoms with E-state index in [1.807, 2.05) is 35.2 Å². The maximum Gasteiger partial charge on any atom is 0.410 e. The van der Waals surface area contributed by atoms with Crippen molar-refractivity contribution in [2.75, 3.05) is 39.3 Å². The number of hydrogen-bond donors (Lipinski definition) is 1. The van der Waals surface area contributed by atoms with Gasteiger partial charge in [-0.1, -0.05) is 30.3 Å². The van der Waals surface area contributed by atoms with Gasteiger partial charge in [-0.3, -0.25) is 4.90 Å². The maximum absolute atomic E-state index is 12.4. The molecule has 0 radical (unpaired) electrons. The minimum Gasteiger partial charge on any atom is -0.445 e. The predicted molar refractivity (Wildman–Crippen MR) is 115 cm³/mol. The molecule has 4 fully saturated rings. The van der Waals surface area contributed by atoms with Crippen molar-refractivity contribution in [3.63, 3.8) is 0 Å². The molecule has 1 saturated carbocycles. The van der Waals surface area contributed by atoms with Crippen molar-refractivity contribution >= 4 is 6.09 Å². The zero-order valence-electron chi connectivity index (χ0n) is 17.9. The van der Waals surface area contributed by atoms with Crippen molar-refractivity contribution in [2.45, 2.75) is 63.4 Å². The Morgan fingerprint density at radius 3 is 2.43 bits per heavy atom. The van der Waals surface area contributed by atoms with Crippen molar-refractivity contribution in [1.29, 1.82) is 0 Å². The van der Waals surface area contributed by atoms with Crippen LogP contribution in [0.1, 0.15) is 44.1 Å². The second-order valence-corrected chi connectivity index (χ2v) is 9.76. The number of nitrogens with zero attached hydrogens (tertiary/aromatic N) is 2. The predicted octanol–water partition coefficient (Wildman–Crippen LogP) is 3.02. The first-order valence-corrected chi connectivity index (χ1v) is 11.8. The molecule has 6 heteroatoms. The Morgan fingerprint density at radius 1 is 1.03 bits per heavy atom. The van der Waals surface area contributed by atoms with E-state index in [1.54, 1.807) is 0 Å². The monoisotopic (exact) mass is 413 g/mol. The van der Waals surface area contributed by atoms with E-state index < -0.39 is 0 Å². The molecule has 3 heterocycles. The molecule has 1 aliphatic carbocycles. The first-order chi connectivity index (χ1) is 14.7. The molecule has 0 unspecified atom stereocenters. The standard InChI is InChI=1S/C24H35N3O3/c28-23(29-16-19-4-2-1-3-5-19)26-12-8-24(9-13-26)17-27(18-24)20-14-22(15-20)30-21-6-10-25-11-7-21/h1-5,20-22,25H,6-18H2. The number of hydrogen-bond acceptors (Lipinski definition) is 5. The molecule has 1 amide bonds. The number of nitrogens with one attached hydrogen (secondary N) is 1. The lowest BCUT2D eigenvalue weighted by molar-refractivity contribution is -0.140. The molecule has 1 aromatic rings. The third-order valence-corrected chi connectivity index (χ3v) is 7.62. The second-order valence-electron chi connectivity index (χ2n) is 9.76. The molecule has 4 aliphatic rings. The van der Waals surface area contributed by atoms with Crippen molar-refractivity contribution in [1.82, 2.24) is 15.1 Å². The van der Waals surface area contributed by atoms with E-state index in [0.717, 1.165) is 63.5 Å². The van der Waals surface area contributed by atoms with Crippen LogP contribution in [0.15, 0.2) is 30.3 Å². The Bertz CT molecular complexity index is 700. The molecule has 0 bridgehead atoms. The fraction of sp³-hybridized carbons (Fsp3) is 0.708. The summed E-state index contributed by atoms with van der Waals surface area (Å²) in [5.74, 6) is 0.